The molecule has 0 fully saturated rings. The van der Waals surface area contributed by atoms with E-state index >= 15 is 0 Å². The highest BCUT2D eigenvalue weighted by atomic mass is 35.5. The van der Waals surface area contributed by atoms with Crippen molar-refractivity contribution in [1.29, 1.82) is 0 Å². The van der Waals surface area contributed by atoms with Crippen molar-refractivity contribution in [3.05, 3.63) is 110 Å². The largest absolute Gasteiger partial charge is 0.494 e. The van der Waals surface area contributed by atoms with Gasteiger partial charge in [-0.15, -0.1) is 0 Å². The van der Waals surface area contributed by atoms with Gasteiger partial charge in [-0.3, -0.25) is 9.59 Å². The Hall–Kier alpha value is -3.64. The molecule has 7 heteroatoms. The van der Waals surface area contributed by atoms with Crippen molar-refractivity contribution >= 4 is 28.5 Å². The number of halogens is 2. The van der Waals surface area contributed by atoms with Gasteiger partial charge in [-0.25, -0.2) is 4.39 Å². The quantitative estimate of drug-likeness (QED) is 0.276. The Labute approximate surface area is 206 Å². The maximum Gasteiger partial charge on any atom is 0.291 e. The van der Waals surface area contributed by atoms with Gasteiger partial charge in [0.15, 0.2) is 5.43 Å². The molecule has 4 aromatic rings. The summed E-state index contributed by atoms with van der Waals surface area (Å²) < 4.78 is 25.7. The molecular formula is C28H23ClFNO4. The molecule has 0 radical (unpaired) electrons. The Morgan fingerprint density at radius 3 is 2.69 bits per heavy atom. The third-order valence-corrected chi connectivity index (χ3v) is 6.54. The van der Waals surface area contributed by atoms with Crippen LogP contribution in [-0.2, 0) is 6.54 Å². The van der Waals surface area contributed by atoms with Gasteiger partial charge in [0.2, 0.25) is 5.76 Å². The van der Waals surface area contributed by atoms with E-state index in [0.29, 0.717) is 22.9 Å². The molecule has 0 aliphatic carbocycles. The molecule has 2 heterocycles. The van der Waals surface area contributed by atoms with Crippen LogP contribution in [0, 0.1) is 5.82 Å². The van der Waals surface area contributed by atoms with E-state index in [1.807, 2.05) is 42.5 Å². The predicted molar refractivity (Wildman–Crippen MR) is 132 cm³/mol. The van der Waals surface area contributed by atoms with Crippen molar-refractivity contribution in [2.75, 3.05) is 6.61 Å². The lowest BCUT2D eigenvalue weighted by molar-refractivity contribution is 0.0714. The Morgan fingerprint density at radius 1 is 1.06 bits per heavy atom. The maximum atomic E-state index is 14.0. The van der Waals surface area contributed by atoms with Crippen LogP contribution in [0.1, 0.15) is 53.1 Å². The van der Waals surface area contributed by atoms with Crippen molar-refractivity contribution in [3.8, 4) is 5.75 Å². The third kappa shape index (κ3) is 4.30. The first-order valence-corrected chi connectivity index (χ1v) is 11.9. The van der Waals surface area contributed by atoms with Crippen LogP contribution < -0.4 is 10.2 Å². The molecule has 0 N–H and O–H groups in total. The minimum atomic E-state index is -0.743. The van der Waals surface area contributed by atoms with E-state index in [4.69, 9.17) is 20.8 Å². The van der Waals surface area contributed by atoms with Gasteiger partial charge < -0.3 is 14.1 Å². The number of benzene rings is 3. The summed E-state index contributed by atoms with van der Waals surface area (Å²) in [5.74, 6) is -0.371. The van der Waals surface area contributed by atoms with Gasteiger partial charge in [0, 0.05) is 11.6 Å². The molecule has 1 amide bonds. The van der Waals surface area contributed by atoms with Gasteiger partial charge in [0.1, 0.15) is 17.1 Å². The summed E-state index contributed by atoms with van der Waals surface area (Å²) in [6, 6.07) is 17.6. The van der Waals surface area contributed by atoms with E-state index in [-0.39, 0.29) is 28.8 Å². The zero-order valence-electron chi connectivity index (χ0n) is 19.1. The number of nitrogens with zero attached hydrogens (tertiary/aromatic N) is 1. The summed E-state index contributed by atoms with van der Waals surface area (Å²) in [6.45, 7) is 2.81. The van der Waals surface area contributed by atoms with Crippen LogP contribution in [0.2, 0.25) is 5.02 Å². The van der Waals surface area contributed by atoms with Crippen molar-refractivity contribution < 1.29 is 18.3 Å². The lowest BCUT2D eigenvalue weighted by Gasteiger charge is -2.26. The van der Waals surface area contributed by atoms with E-state index in [0.717, 1.165) is 24.5 Å². The molecular weight excluding hydrogens is 469 g/mol. The Kier molecular flexibility index (Phi) is 6.31. The van der Waals surface area contributed by atoms with Crippen LogP contribution in [0.4, 0.5) is 4.39 Å². The molecule has 3 aromatic carbocycles. The minimum Gasteiger partial charge on any atom is -0.494 e. The zero-order chi connectivity index (χ0) is 24.5. The molecule has 0 saturated carbocycles. The number of hydrogen-bond donors (Lipinski definition) is 0. The Balaban J connectivity index is 1.67. The van der Waals surface area contributed by atoms with Crippen LogP contribution in [0.25, 0.3) is 11.0 Å². The predicted octanol–water partition coefficient (Wildman–Crippen LogP) is 6.51. The molecule has 1 unspecified atom stereocenters. The second-order valence-corrected chi connectivity index (χ2v) is 8.92. The number of unbranched alkanes of at least 4 members (excludes halogenated alkanes) is 1. The van der Waals surface area contributed by atoms with Gasteiger partial charge in [-0.1, -0.05) is 55.3 Å². The molecule has 1 atom stereocenters. The number of carbonyl (C=O) groups is 1. The van der Waals surface area contributed by atoms with E-state index in [1.165, 1.54) is 12.1 Å². The number of fused-ring (bicyclic) bond motifs is 2. The lowest BCUT2D eigenvalue weighted by Crippen LogP contribution is -2.29. The summed E-state index contributed by atoms with van der Waals surface area (Å²) >= 11 is 6.40. The van der Waals surface area contributed by atoms with Crippen molar-refractivity contribution in [3.63, 3.8) is 0 Å². The van der Waals surface area contributed by atoms with Gasteiger partial charge in [-0.2, -0.15) is 0 Å². The first kappa shape index (κ1) is 23.1. The fourth-order valence-electron chi connectivity index (χ4n) is 4.42. The van der Waals surface area contributed by atoms with E-state index in [9.17, 15) is 14.0 Å². The highest BCUT2D eigenvalue weighted by Gasteiger charge is 2.43. The van der Waals surface area contributed by atoms with Crippen molar-refractivity contribution in [1.82, 2.24) is 4.90 Å². The first-order chi connectivity index (χ1) is 17.0. The fraction of sp³-hybridized carbons (Fsp3) is 0.214. The number of ether oxygens (including phenoxy) is 1. The van der Waals surface area contributed by atoms with Crippen molar-refractivity contribution in [2.45, 2.75) is 32.4 Å². The molecule has 5 nitrogen and oxygen atoms in total. The van der Waals surface area contributed by atoms with Crippen LogP contribution in [-0.4, -0.2) is 17.4 Å². The summed E-state index contributed by atoms with van der Waals surface area (Å²) in [5.41, 5.74) is 1.35. The van der Waals surface area contributed by atoms with Crippen LogP contribution in [0.15, 0.2) is 75.9 Å². The van der Waals surface area contributed by atoms with Gasteiger partial charge >= 0.3 is 0 Å². The average molecular weight is 492 g/mol. The van der Waals surface area contributed by atoms with Gasteiger partial charge in [-0.05, 0) is 53.9 Å². The summed E-state index contributed by atoms with van der Waals surface area (Å²) in [5, 5.41) is 0.606. The smallest absolute Gasteiger partial charge is 0.291 e. The lowest BCUT2D eigenvalue weighted by atomic mass is 9.98. The highest BCUT2D eigenvalue weighted by Crippen LogP contribution is 2.40. The minimum absolute atomic E-state index is 0.0385. The maximum absolute atomic E-state index is 14.0. The molecule has 0 bridgehead atoms. The molecule has 0 spiro atoms. The second kappa shape index (κ2) is 9.55. The molecule has 0 saturated heterocycles. The number of hydrogen-bond acceptors (Lipinski definition) is 4. The van der Waals surface area contributed by atoms with Crippen LogP contribution >= 0.6 is 11.6 Å². The SMILES string of the molecule is CCCCOc1cccc(C2c3c(oc4ccc(F)cc4c3=O)C(=O)N2Cc2ccccc2Cl)c1. The van der Waals surface area contributed by atoms with E-state index in [1.54, 1.807) is 11.0 Å². The summed E-state index contributed by atoms with van der Waals surface area (Å²) in [4.78, 5) is 28.8. The molecule has 5 rings (SSSR count). The van der Waals surface area contributed by atoms with E-state index < -0.39 is 23.2 Å². The molecule has 178 valence electrons. The highest BCUT2D eigenvalue weighted by molar-refractivity contribution is 6.31. The fourth-order valence-corrected chi connectivity index (χ4v) is 4.62. The van der Waals surface area contributed by atoms with Gasteiger partial charge in [0.25, 0.3) is 5.91 Å². The Morgan fingerprint density at radius 2 is 1.89 bits per heavy atom. The topological polar surface area (TPSA) is 59.8 Å². The van der Waals surface area contributed by atoms with E-state index in [2.05, 4.69) is 6.92 Å². The molecule has 35 heavy (non-hydrogen) atoms. The number of carbonyl (C=O) groups excluding carboxylic acids is 1. The Bertz CT molecular complexity index is 1480. The molecule has 1 aliphatic heterocycles. The zero-order valence-corrected chi connectivity index (χ0v) is 19.8. The average Bonchev–Trinajstić information content (AvgIpc) is 3.13. The number of rotatable bonds is 7. The van der Waals surface area contributed by atoms with Crippen LogP contribution in [0.5, 0.6) is 5.75 Å². The standard InChI is InChI=1S/C28H23ClFNO4/c1-2-3-13-34-20-9-6-8-17(14-20)25-24-26(32)21-15-19(30)11-12-23(21)35-27(24)28(33)31(25)16-18-7-4-5-10-22(18)29/h4-12,14-15,25H,2-3,13,16H2,1H3. The van der Waals surface area contributed by atoms with Gasteiger partial charge in [0.05, 0.1) is 23.6 Å². The molecule has 1 aromatic heterocycles. The second-order valence-electron chi connectivity index (χ2n) is 8.52. The molecule has 1 aliphatic rings. The summed E-state index contributed by atoms with van der Waals surface area (Å²) in [6.07, 6.45) is 1.91. The first-order valence-electron chi connectivity index (χ1n) is 11.5. The normalized spacial score (nSPS) is 15.0. The summed E-state index contributed by atoms with van der Waals surface area (Å²) in [7, 11) is 0. The number of amides is 1. The third-order valence-electron chi connectivity index (χ3n) is 6.17. The monoisotopic (exact) mass is 491 g/mol. The van der Waals surface area contributed by atoms with Crippen LogP contribution in [0.3, 0.4) is 0 Å². The van der Waals surface area contributed by atoms with Crippen molar-refractivity contribution in [2.24, 2.45) is 0 Å².